The summed E-state index contributed by atoms with van der Waals surface area (Å²) >= 11 is 0. The van der Waals surface area contributed by atoms with Crippen molar-refractivity contribution in [3.8, 4) is 0 Å². The van der Waals surface area contributed by atoms with E-state index >= 15 is 0 Å². The average molecular weight is 288 g/mol. The summed E-state index contributed by atoms with van der Waals surface area (Å²) in [6.07, 6.45) is 1.54. The van der Waals surface area contributed by atoms with E-state index in [1.165, 1.54) is 18.2 Å². The van der Waals surface area contributed by atoms with Crippen LogP contribution < -0.4 is 5.32 Å². The quantitative estimate of drug-likeness (QED) is 0.803. The van der Waals surface area contributed by atoms with Crippen LogP contribution in [0.25, 0.3) is 11.0 Å². The van der Waals surface area contributed by atoms with Crippen molar-refractivity contribution in [3.05, 3.63) is 53.9 Å². The van der Waals surface area contributed by atoms with E-state index in [1.807, 2.05) is 0 Å². The first kappa shape index (κ1) is 13.5. The van der Waals surface area contributed by atoms with Crippen molar-refractivity contribution >= 4 is 17.0 Å². The third kappa shape index (κ3) is 2.44. The largest absolute Gasteiger partial charge is 0.347 e. The van der Waals surface area contributed by atoms with Crippen molar-refractivity contribution < 1.29 is 8.78 Å². The van der Waals surface area contributed by atoms with Crippen LogP contribution in [-0.4, -0.2) is 14.5 Å². The van der Waals surface area contributed by atoms with Crippen molar-refractivity contribution in [2.24, 2.45) is 7.05 Å². The van der Waals surface area contributed by atoms with Crippen molar-refractivity contribution in [2.45, 2.75) is 13.0 Å². The molecular formula is C15H14F2N4. The third-order valence-corrected chi connectivity index (χ3v) is 3.39. The van der Waals surface area contributed by atoms with Crippen molar-refractivity contribution in [3.63, 3.8) is 0 Å². The minimum absolute atomic E-state index is 0.315. The monoisotopic (exact) mass is 288 g/mol. The van der Waals surface area contributed by atoms with Crippen molar-refractivity contribution in [1.29, 1.82) is 0 Å². The minimum Gasteiger partial charge on any atom is -0.347 e. The van der Waals surface area contributed by atoms with Gasteiger partial charge in [-0.2, -0.15) is 0 Å². The van der Waals surface area contributed by atoms with E-state index in [-0.39, 0.29) is 17.7 Å². The zero-order valence-corrected chi connectivity index (χ0v) is 11.6. The first-order chi connectivity index (χ1) is 10.1. The molecule has 0 fully saturated rings. The lowest BCUT2D eigenvalue weighted by atomic mass is 10.2. The number of nitrogens with one attached hydrogen (secondary N) is 1. The van der Waals surface area contributed by atoms with Crippen LogP contribution in [0.2, 0.25) is 0 Å². The smallest absolute Gasteiger partial charge is 0.204 e. The zero-order valence-electron chi connectivity index (χ0n) is 11.6. The predicted molar refractivity (Wildman–Crippen MR) is 76.9 cm³/mol. The number of nitrogens with zero attached hydrogens (tertiary/aromatic N) is 3. The Morgan fingerprint density at radius 1 is 1.24 bits per heavy atom. The molecule has 0 aliphatic carbocycles. The summed E-state index contributed by atoms with van der Waals surface area (Å²) < 4.78 is 28.7. The van der Waals surface area contributed by atoms with Crippen LogP contribution >= 0.6 is 0 Å². The Morgan fingerprint density at radius 3 is 2.81 bits per heavy atom. The van der Waals surface area contributed by atoms with Gasteiger partial charge in [0.2, 0.25) is 5.95 Å². The predicted octanol–water partition coefficient (Wildman–Crippen LogP) is 3.42. The van der Waals surface area contributed by atoms with Crippen LogP contribution in [0.4, 0.5) is 14.7 Å². The Morgan fingerprint density at radius 2 is 2.05 bits per heavy atom. The van der Waals surface area contributed by atoms with Gasteiger partial charge in [-0.15, -0.1) is 0 Å². The number of benzene rings is 1. The molecule has 1 atom stereocenters. The van der Waals surface area contributed by atoms with E-state index in [9.17, 15) is 8.78 Å². The van der Waals surface area contributed by atoms with Crippen LogP contribution in [0.3, 0.4) is 0 Å². The number of hydrogen-bond acceptors (Lipinski definition) is 3. The van der Waals surface area contributed by atoms with Crippen molar-refractivity contribution in [1.82, 2.24) is 14.5 Å². The van der Waals surface area contributed by atoms with Gasteiger partial charge in [0, 0.05) is 13.2 Å². The summed E-state index contributed by atoms with van der Waals surface area (Å²) in [7, 11) is 1.78. The van der Waals surface area contributed by atoms with Crippen LogP contribution in [0.5, 0.6) is 0 Å². The highest BCUT2D eigenvalue weighted by Crippen LogP contribution is 2.23. The topological polar surface area (TPSA) is 42.7 Å². The molecule has 3 aromatic rings. The number of rotatable bonds is 3. The molecule has 21 heavy (non-hydrogen) atoms. The molecule has 0 saturated heterocycles. The number of anilines is 1. The molecule has 4 nitrogen and oxygen atoms in total. The fourth-order valence-electron chi connectivity index (χ4n) is 2.27. The molecule has 2 heterocycles. The average Bonchev–Trinajstić information content (AvgIpc) is 2.76. The summed E-state index contributed by atoms with van der Waals surface area (Å²) in [6, 6.07) is 6.95. The lowest BCUT2D eigenvalue weighted by Crippen LogP contribution is -2.13. The molecule has 0 bridgehead atoms. The standard InChI is InChI=1S/C15H14F2N4/c1-9(14-11(17)4-3-7-18-14)19-15-20-12-6-5-10(16)8-13(12)21(15)2/h3-9H,1-2H3,(H,19,20)/t9-/m0/s1. The molecule has 0 aliphatic rings. The number of aromatic nitrogens is 3. The zero-order chi connectivity index (χ0) is 15.0. The number of fused-ring (bicyclic) bond motifs is 1. The molecule has 1 N–H and O–H groups in total. The molecule has 2 aromatic heterocycles. The van der Waals surface area contributed by atoms with E-state index < -0.39 is 0 Å². The summed E-state index contributed by atoms with van der Waals surface area (Å²) in [6.45, 7) is 1.80. The Kier molecular flexibility index (Phi) is 3.29. The Balaban J connectivity index is 1.95. The second-order valence-electron chi connectivity index (χ2n) is 4.86. The van der Waals surface area contributed by atoms with E-state index in [4.69, 9.17) is 0 Å². The van der Waals surface area contributed by atoms with Gasteiger partial charge in [0.15, 0.2) is 0 Å². The SMILES string of the molecule is C[C@H](Nc1nc2ccc(F)cc2n1C)c1ncccc1F. The van der Waals surface area contributed by atoms with Crippen LogP contribution in [0.1, 0.15) is 18.7 Å². The van der Waals surface area contributed by atoms with Gasteiger partial charge in [0.25, 0.3) is 0 Å². The number of pyridine rings is 1. The molecule has 0 spiro atoms. The van der Waals surface area contributed by atoms with Gasteiger partial charge in [0.05, 0.1) is 22.8 Å². The summed E-state index contributed by atoms with van der Waals surface area (Å²) in [5, 5.41) is 3.10. The fourth-order valence-corrected chi connectivity index (χ4v) is 2.27. The second kappa shape index (κ2) is 5.12. The molecule has 0 aliphatic heterocycles. The van der Waals surface area contributed by atoms with Gasteiger partial charge >= 0.3 is 0 Å². The summed E-state index contributed by atoms with van der Waals surface area (Å²) in [4.78, 5) is 8.42. The summed E-state index contributed by atoms with van der Waals surface area (Å²) in [5.74, 6) is -0.156. The van der Waals surface area contributed by atoms with Gasteiger partial charge in [-0.1, -0.05) is 0 Å². The Hall–Kier alpha value is -2.50. The lowest BCUT2D eigenvalue weighted by Gasteiger charge is -2.14. The molecule has 0 unspecified atom stereocenters. The van der Waals surface area contributed by atoms with Gasteiger partial charge in [0.1, 0.15) is 11.6 Å². The third-order valence-electron chi connectivity index (χ3n) is 3.39. The number of aryl methyl sites for hydroxylation is 1. The molecular weight excluding hydrogens is 274 g/mol. The highest BCUT2D eigenvalue weighted by atomic mass is 19.1. The molecule has 0 amide bonds. The molecule has 3 rings (SSSR count). The minimum atomic E-state index is -0.373. The van der Waals surface area contributed by atoms with Crippen LogP contribution in [0, 0.1) is 11.6 Å². The highest BCUT2D eigenvalue weighted by Gasteiger charge is 2.15. The van der Waals surface area contributed by atoms with Crippen LogP contribution in [-0.2, 0) is 7.05 Å². The molecule has 1 aromatic carbocycles. The van der Waals surface area contributed by atoms with E-state index in [0.717, 1.165) is 0 Å². The first-order valence-corrected chi connectivity index (χ1v) is 6.55. The molecule has 0 saturated carbocycles. The maximum Gasteiger partial charge on any atom is 0.204 e. The Bertz CT molecular complexity index is 797. The Labute approximate surface area is 120 Å². The first-order valence-electron chi connectivity index (χ1n) is 6.55. The number of halogens is 2. The highest BCUT2D eigenvalue weighted by molar-refractivity contribution is 5.78. The molecule has 108 valence electrons. The van der Waals surface area contributed by atoms with E-state index in [1.54, 1.807) is 36.9 Å². The molecule has 0 radical (unpaired) electrons. The van der Waals surface area contributed by atoms with Gasteiger partial charge < -0.3 is 9.88 Å². The van der Waals surface area contributed by atoms with E-state index in [2.05, 4.69) is 15.3 Å². The summed E-state index contributed by atoms with van der Waals surface area (Å²) in [5.41, 5.74) is 1.66. The van der Waals surface area contributed by atoms with Gasteiger partial charge in [-0.05, 0) is 37.3 Å². The maximum absolute atomic E-state index is 13.7. The fraction of sp³-hybridized carbons (Fsp3) is 0.200. The van der Waals surface area contributed by atoms with E-state index in [0.29, 0.717) is 22.7 Å². The van der Waals surface area contributed by atoms with Crippen LogP contribution in [0.15, 0.2) is 36.5 Å². The number of hydrogen-bond donors (Lipinski definition) is 1. The lowest BCUT2D eigenvalue weighted by molar-refractivity contribution is 0.585. The van der Waals surface area contributed by atoms with Gasteiger partial charge in [-0.25, -0.2) is 13.8 Å². The number of imidazole rings is 1. The normalized spacial score (nSPS) is 12.6. The second-order valence-corrected chi connectivity index (χ2v) is 4.86. The van der Waals surface area contributed by atoms with Gasteiger partial charge in [-0.3, -0.25) is 4.98 Å². The molecule has 6 heteroatoms. The van der Waals surface area contributed by atoms with Crippen molar-refractivity contribution in [2.75, 3.05) is 5.32 Å². The maximum atomic E-state index is 13.7.